The lowest BCUT2D eigenvalue weighted by Crippen LogP contribution is -2.37. The van der Waals surface area contributed by atoms with Crippen molar-refractivity contribution in [1.29, 1.82) is 0 Å². The molecule has 0 heterocycles. The molecule has 1 aliphatic rings. The topological polar surface area (TPSA) is 41.1 Å². The Bertz CT molecular complexity index is 488. The summed E-state index contributed by atoms with van der Waals surface area (Å²) in [6.07, 6.45) is 4.44. The molecule has 0 saturated heterocycles. The van der Waals surface area contributed by atoms with E-state index >= 15 is 0 Å². The SMILES string of the molecule is CCC(=O)Nc1ccc(C)c(NC2C(C)CCCC2C)c1. The third-order valence-electron chi connectivity index (χ3n) is 4.71. The highest BCUT2D eigenvalue weighted by Gasteiger charge is 2.27. The highest BCUT2D eigenvalue weighted by atomic mass is 16.1. The van der Waals surface area contributed by atoms with Gasteiger partial charge in [0.15, 0.2) is 0 Å². The van der Waals surface area contributed by atoms with Gasteiger partial charge >= 0.3 is 0 Å². The summed E-state index contributed by atoms with van der Waals surface area (Å²) in [6.45, 7) is 8.66. The van der Waals surface area contributed by atoms with Crippen molar-refractivity contribution in [1.82, 2.24) is 0 Å². The molecule has 2 N–H and O–H groups in total. The van der Waals surface area contributed by atoms with E-state index in [-0.39, 0.29) is 5.91 Å². The molecule has 3 nitrogen and oxygen atoms in total. The molecule has 0 spiro atoms. The molecule has 21 heavy (non-hydrogen) atoms. The number of aryl methyl sites for hydroxylation is 1. The molecule has 1 aliphatic carbocycles. The predicted molar refractivity (Wildman–Crippen MR) is 89.7 cm³/mol. The van der Waals surface area contributed by atoms with Gasteiger partial charge in [-0.2, -0.15) is 0 Å². The fraction of sp³-hybridized carbons (Fsp3) is 0.611. The standard InChI is InChI=1S/C18H28N2O/c1-5-17(21)19-15-10-9-12(2)16(11-15)20-18-13(3)7-6-8-14(18)4/h9-11,13-14,18,20H,5-8H2,1-4H3,(H,19,21). The average Bonchev–Trinajstić information content (AvgIpc) is 2.46. The summed E-state index contributed by atoms with van der Waals surface area (Å²) in [5, 5.41) is 6.67. The summed E-state index contributed by atoms with van der Waals surface area (Å²) in [4.78, 5) is 11.5. The van der Waals surface area contributed by atoms with Gasteiger partial charge in [-0.15, -0.1) is 0 Å². The molecule has 2 rings (SSSR count). The largest absolute Gasteiger partial charge is 0.382 e. The summed E-state index contributed by atoms with van der Waals surface area (Å²) >= 11 is 0. The van der Waals surface area contributed by atoms with Gasteiger partial charge in [0.2, 0.25) is 5.91 Å². The molecule has 2 atom stereocenters. The van der Waals surface area contributed by atoms with E-state index in [0.717, 1.165) is 11.4 Å². The zero-order chi connectivity index (χ0) is 15.4. The van der Waals surface area contributed by atoms with Gasteiger partial charge in [0.05, 0.1) is 0 Å². The molecule has 1 aromatic carbocycles. The second kappa shape index (κ2) is 6.97. The van der Waals surface area contributed by atoms with Crippen molar-refractivity contribution in [3.8, 4) is 0 Å². The first-order valence-electron chi connectivity index (χ1n) is 8.18. The number of amides is 1. The Labute approximate surface area is 128 Å². The molecule has 1 saturated carbocycles. The molecule has 2 unspecified atom stereocenters. The van der Waals surface area contributed by atoms with E-state index in [1.165, 1.54) is 24.8 Å². The van der Waals surface area contributed by atoms with Gasteiger partial charge in [-0.05, 0) is 49.3 Å². The maximum absolute atomic E-state index is 11.5. The molecule has 0 aromatic heterocycles. The van der Waals surface area contributed by atoms with Crippen LogP contribution in [0.5, 0.6) is 0 Å². The fourth-order valence-electron chi connectivity index (χ4n) is 3.25. The van der Waals surface area contributed by atoms with Crippen molar-refractivity contribution in [3.05, 3.63) is 23.8 Å². The smallest absolute Gasteiger partial charge is 0.224 e. The normalized spacial score (nSPS) is 25.4. The number of hydrogen-bond donors (Lipinski definition) is 2. The minimum atomic E-state index is 0.0594. The Hall–Kier alpha value is -1.51. The first-order valence-corrected chi connectivity index (χ1v) is 8.18. The molecule has 0 radical (unpaired) electrons. The Morgan fingerprint density at radius 3 is 2.52 bits per heavy atom. The van der Waals surface area contributed by atoms with Crippen molar-refractivity contribution >= 4 is 17.3 Å². The van der Waals surface area contributed by atoms with Crippen LogP contribution in [0.2, 0.25) is 0 Å². The van der Waals surface area contributed by atoms with Crippen LogP contribution < -0.4 is 10.6 Å². The monoisotopic (exact) mass is 288 g/mol. The highest BCUT2D eigenvalue weighted by molar-refractivity contribution is 5.91. The van der Waals surface area contributed by atoms with Gasteiger partial charge in [0.25, 0.3) is 0 Å². The Kier molecular flexibility index (Phi) is 5.27. The van der Waals surface area contributed by atoms with Crippen LogP contribution in [0.25, 0.3) is 0 Å². The van der Waals surface area contributed by atoms with Gasteiger partial charge in [-0.1, -0.05) is 33.3 Å². The molecule has 1 aromatic rings. The minimum absolute atomic E-state index is 0.0594. The third kappa shape index (κ3) is 3.99. The third-order valence-corrected chi connectivity index (χ3v) is 4.71. The number of benzene rings is 1. The molecule has 0 bridgehead atoms. The Balaban J connectivity index is 2.14. The van der Waals surface area contributed by atoms with Crippen LogP contribution in [0.4, 0.5) is 11.4 Å². The van der Waals surface area contributed by atoms with E-state index in [0.29, 0.717) is 24.3 Å². The fourth-order valence-corrected chi connectivity index (χ4v) is 3.25. The first-order chi connectivity index (χ1) is 10.0. The van der Waals surface area contributed by atoms with Crippen LogP contribution in [-0.4, -0.2) is 11.9 Å². The summed E-state index contributed by atoms with van der Waals surface area (Å²) < 4.78 is 0. The molecule has 0 aliphatic heterocycles. The quantitative estimate of drug-likeness (QED) is 0.851. The van der Waals surface area contributed by atoms with Crippen molar-refractivity contribution < 1.29 is 4.79 Å². The zero-order valence-corrected chi connectivity index (χ0v) is 13.7. The lowest BCUT2D eigenvalue weighted by molar-refractivity contribution is -0.115. The van der Waals surface area contributed by atoms with Crippen molar-refractivity contribution in [2.75, 3.05) is 10.6 Å². The Morgan fingerprint density at radius 1 is 1.24 bits per heavy atom. The van der Waals surface area contributed by atoms with Crippen LogP contribution in [0.3, 0.4) is 0 Å². The van der Waals surface area contributed by atoms with Gasteiger partial charge < -0.3 is 10.6 Å². The molecule has 116 valence electrons. The lowest BCUT2D eigenvalue weighted by Gasteiger charge is -2.36. The number of carbonyl (C=O) groups excluding carboxylic acids is 1. The van der Waals surface area contributed by atoms with E-state index < -0.39 is 0 Å². The predicted octanol–water partition coefficient (Wildman–Crippen LogP) is 4.58. The van der Waals surface area contributed by atoms with Crippen LogP contribution >= 0.6 is 0 Å². The van der Waals surface area contributed by atoms with Gasteiger partial charge in [0.1, 0.15) is 0 Å². The van der Waals surface area contributed by atoms with E-state index in [1.807, 2.05) is 13.0 Å². The van der Waals surface area contributed by atoms with E-state index in [9.17, 15) is 4.79 Å². The van der Waals surface area contributed by atoms with Crippen LogP contribution in [0, 0.1) is 18.8 Å². The van der Waals surface area contributed by atoms with Crippen LogP contribution in [0.1, 0.15) is 52.0 Å². The number of nitrogens with one attached hydrogen (secondary N) is 2. The molecule has 1 fully saturated rings. The van der Waals surface area contributed by atoms with Crippen molar-refractivity contribution in [2.24, 2.45) is 11.8 Å². The van der Waals surface area contributed by atoms with E-state index in [2.05, 4.69) is 43.5 Å². The maximum atomic E-state index is 11.5. The summed E-state index contributed by atoms with van der Waals surface area (Å²) in [5.74, 6) is 1.45. The number of anilines is 2. The van der Waals surface area contributed by atoms with Crippen molar-refractivity contribution in [2.45, 2.75) is 59.4 Å². The second-order valence-electron chi connectivity index (χ2n) is 6.49. The average molecular weight is 288 g/mol. The summed E-state index contributed by atoms with van der Waals surface area (Å²) in [5.41, 5.74) is 3.26. The molecule has 3 heteroatoms. The maximum Gasteiger partial charge on any atom is 0.224 e. The van der Waals surface area contributed by atoms with E-state index in [1.54, 1.807) is 0 Å². The number of hydrogen-bond acceptors (Lipinski definition) is 2. The zero-order valence-electron chi connectivity index (χ0n) is 13.7. The van der Waals surface area contributed by atoms with E-state index in [4.69, 9.17) is 0 Å². The van der Waals surface area contributed by atoms with Gasteiger partial charge in [0, 0.05) is 23.8 Å². The molecular weight excluding hydrogens is 260 g/mol. The first kappa shape index (κ1) is 15.9. The number of carbonyl (C=O) groups is 1. The van der Waals surface area contributed by atoms with Gasteiger partial charge in [-0.3, -0.25) is 4.79 Å². The van der Waals surface area contributed by atoms with Gasteiger partial charge in [-0.25, -0.2) is 0 Å². The van der Waals surface area contributed by atoms with Crippen LogP contribution in [0.15, 0.2) is 18.2 Å². The number of rotatable bonds is 4. The summed E-state index contributed by atoms with van der Waals surface area (Å²) in [6, 6.07) is 6.64. The van der Waals surface area contributed by atoms with Crippen molar-refractivity contribution in [3.63, 3.8) is 0 Å². The summed E-state index contributed by atoms with van der Waals surface area (Å²) in [7, 11) is 0. The lowest BCUT2D eigenvalue weighted by atomic mass is 9.78. The molecular formula is C18H28N2O. The second-order valence-corrected chi connectivity index (χ2v) is 6.49. The minimum Gasteiger partial charge on any atom is -0.382 e. The molecule has 1 amide bonds. The van der Waals surface area contributed by atoms with Crippen LogP contribution in [-0.2, 0) is 4.79 Å². The Morgan fingerprint density at radius 2 is 1.90 bits per heavy atom. The highest BCUT2D eigenvalue weighted by Crippen LogP contribution is 2.32.